The van der Waals surface area contributed by atoms with Crippen LogP contribution in [0, 0.1) is 0 Å². The zero-order valence-electron chi connectivity index (χ0n) is 9.84. The highest BCUT2D eigenvalue weighted by molar-refractivity contribution is 5.33. The predicted molar refractivity (Wildman–Crippen MR) is 64.5 cm³/mol. The molecule has 0 aliphatic heterocycles. The summed E-state index contributed by atoms with van der Waals surface area (Å²) in [5.41, 5.74) is 0.554. The molecule has 0 aromatic heterocycles. The van der Waals surface area contributed by atoms with Crippen LogP contribution in [0.1, 0.15) is 20.8 Å². The van der Waals surface area contributed by atoms with Gasteiger partial charge in [-0.25, -0.2) is 0 Å². The van der Waals surface area contributed by atoms with Gasteiger partial charge in [0.2, 0.25) is 0 Å². The lowest BCUT2D eigenvalue weighted by Crippen LogP contribution is -2.45. The molecular weight excluding hydrogens is 188 g/mol. The lowest BCUT2D eigenvalue weighted by molar-refractivity contribution is -0.00806. The largest absolute Gasteiger partial charge is 0.491 e. The van der Waals surface area contributed by atoms with Gasteiger partial charge in [0.1, 0.15) is 5.60 Å². The average Bonchev–Trinajstić information content (AvgIpc) is 2.11. The maximum atomic E-state index is 10.5. The number of hydrogen-bond donors (Lipinski definition) is 1. The number of ether oxygens (including phenoxy) is 1. The summed E-state index contributed by atoms with van der Waals surface area (Å²) in [6.07, 6.45) is 0.695. The van der Waals surface area contributed by atoms with Crippen molar-refractivity contribution in [3.8, 4) is 0 Å². The van der Waals surface area contributed by atoms with Crippen LogP contribution in [0.3, 0.4) is 0 Å². The molecule has 0 rings (SSSR count). The molecule has 0 heterocycles. The lowest BCUT2D eigenvalue weighted by atomic mass is 9.81. The third kappa shape index (κ3) is 2.60. The third-order valence-corrected chi connectivity index (χ3v) is 2.36. The van der Waals surface area contributed by atoms with Gasteiger partial charge in [-0.2, -0.15) is 0 Å². The van der Waals surface area contributed by atoms with Crippen LogP contribution >= 0.6 is 0 Å². The van der Waals surface area contributed by atoms with E-state index in [1.807, 2.05) is 0 Å². The van der Waals surface area contributed by atoms with Crippen LogP contribution in [0.25, 0.3) is 0 Å². The number of aliphatic hydroxyl groups is 1. The molecule has 0 aliphatic carbocycles. The van der Waals surface area contributed by atoms with Gasteiger partial charge in [-0.15, -0.1) is 0 Å². The molecule has 0 aromatic rings. The van der Waals surface area contributed by atoms with Crippen LogP contribution in [0.4, 0.5) is 0 Å². The molecule has 0 saturated carbocycles. The smallest absolute Gasteiger partial charge is 0.155 e. The third-order valence-electron chi connectivity index (χ3n) is 2.36. The average molecular weight is 208 g/mol. The molecule has 2 nitrogen and oxygen atoms in total. The second-order valence-corrected chi connectivity index (χ2v) is 3.86. The first kappa shape index (κ1) is 13.7. The van der Waals surface area contributed by atoms with E-state index in [9.17, 15) is 5.11 Å². The summed E-state index contributed by atoms with van der Waals surface area (Å²) < 4.78 is 5.28. The Balaban J connectivity index is 5.37. The Kier molecular flexibility index (Phi) is 4.56. The van der Waals surface area contributed by atoms with Gasteiger partial charge >= 0.3 is 0 Å². The van der Waals surface area contributed by atoms with Crippen LogP contribution in [0.5, 0.6) is 0 Å². The van der Waals surface area contributed by atoms with Crippen molar-refractivity contribution < 1.29 is 9.84 Å². The maximum Gasteiger partial charge on any atom is 0.155 e. The minimum absolute atomic E-state index is 0.574. The molecule has 2 heteroatoms. The zero-order valence-corrected chi connectivity index (χ0v) is 9.84. The molecule has 0 amide bonds. The van der Waals surface area contributed by atoms with Gasteiger partial charge in [-0.3, -0.25) is 0 Å². The molecule has 84 valence electrons. The van der Waals surface area contributed by atoms with E-state index in [0.29, 0.717) is 16.7 Å². The van der Waals surface area contributed by atoms with E-state index in [0.717, 1.165) is 0 Å². The van der Waals surface area contributed by atoms with Crippen molar-refractivity contribution >= 4 is 0 Å². The first-order valence-corrected chi connectivity index (χ1v) is 4.74. The number of rotatable bonds is 6. The topological polar surface area (TPSA) is 29.5 Å². The summed E-state index contributed by atoms with van der Waals surface area (Å²) in [5, 5.41) is 10.5. The summed E-state index contributed by atoms with van der Waals surface area (Å²) >= 11 is 0. The van der Waals surface area contributed by atoms with Gasteiger partial charge in [0.25, 0.3) is 0 Å². The Morgan fingerprint density at radius 1 is 1.20 bits per heavy atom. The van der Waals surface area contributed by atoms with E-state index in [1.165, 1.54) is 6.26 Å². The summed E-state index contributed by atoms with van der Waals surface area (Å²) in [4.78, 5) is 0. The molecular formula is C13H20O2. The van der Waals surface area contributed by atoms with Crippen LogP contribution in [-0.4, -0.2) is 16.8 Å². The Morgan fingerprint density at radius 3 is 1.80 bits per heavy atom. The first-order chi connectivity index (χ1) is 6.78. The standard InChI is InChI=1S/C13H20O2/c1-8-15-12(9(2)3)13(14,10(4)5)11(6)7/h8,12,14H,1-2,4,6H2,3,5,7H3. The summed E-state index contributed by atoms with van der Waals surface area (Å²) in [7, 11) is 0. The molecule has 0 aromatic carbocycles. The normalized spacial score (nSPS) is 12.8. The Labute approximate surface area is 92.3 Å². The highest BCUT2D eigenvalue weighted by atomic mass is 16.5. The first-order valence-electron chi connectivity index (χ1n) is 4.74. The summed E-state index contributed by atoms with van der Waals surface area (Å²) in [5.74, 6) is 0. The molecule has 0 spiro atoms. The SMILES string of the molecule is C=COC(C(=C)C)C(O)(C(=C)C)C(=C)C. The molecule has 0 fully saturated rings. The second kappa shape index (κ2) is 4.99. The quantitative estimate of drug-likeness (QED) is 0.537. The predicted octanol–water partition coefficient (Wildman–Crippen LogP) is 2.97. The van der Waals surface area contributed by atoms with Crippen LogP contribution in [0.2, 0.25) is 0 Å². The van der Waals surface area contributed by atoms with Crippen LogP contribution in [0.15, 0.2) is 49.3 Å². The second-order valence-electron chi connectivity index (χ2n) is 3.86. The molecule has 1 N–H and O–H groups in total. The Hall–Kier alpha value is -1.28. The highest BCUT2D eigenvalue weighted by Gasteiger charge is 2.40. The van der Waals surface area contributed by atoms with Crippen molar-refractivity contribution in [3.05, 3.63) is 49.3 Å². The van der Waals surface area contributed by atoms with E-state index in [4.69, 9.17) is 4.74 Å². The molecule has 1 atom stereocenters. The lowest BCUT2D eigenvalue weighted by Gasteiger charge is -2.37. The minimum atomic E-state index is -1.29. The monoisotopic (exact) mass is 208 g/mol. The fraction of sp³-hybridized carbons (Fsp3) is 0.385. The van der Waals surface area contributed by atoms with Gasteiger partial charge in [0.15, 0.2) is 6.10 Å². The Morgan fingerprint density at radius 2 is 1.60 bits per heavy atom. The molecule has 15 heavy (non-hydrogen) atoms. The molecule has 0 aliphatic rings. The molecule has 0 radical (unpaired) electrons. The van der Waals surface area contributed by atoms with Crippen molar-refractivity contribution in [1.82, 2.24) is 0 Å². The van der Waals surface area contributed by atoms with Gasteiger partial charge in [-0.05, 0) is 37.5 Å². The zero-order chi connectivity index (χ0) is 12.2. The van der Waals surface area contributed by atoms with Gasteiger partial charge < -0.3 is 9.84 Å². The van der Waals surface area contributed by atoms with Crippen LogP contribution in [-0.2, 0) is 4.74 Å². The van der Waals surface area contributed by atoms with Crippen molar-refractivity contribution in [2.45, 2.75) is 32.5 Å². The molecule has 0 bridgehead atoms. The minimum Gasteiger partial charge on any atom is -0.491 e. The van der Waals surface area contributed by atoms with Crippen molar-refractivity contribution in [2.75, 3.05) is 0 Å². The maximum absolute atomic E-state index is 10.5. The highest BCUT2D eigenvalue weighted by Crippen LogP contribution is 2.32. The van der Waals surface area contributed by atoms with Gasteiger partial charge in [0.05, 0.1) is 6.26 Å². The number of hydrogen-bond acceptors (Lipinski definition) is 2. The molecule has 0 saturated heterocycles. The fourth-order valence-electron chi connectivity index (χ4n) is 1.48. The summed E-state index contributed by atoms with van der Waals surface area (Å²) in [6, 6.07) is 0. The van der Waals surface area contributed by atoms with Gasteiger partial charge in [0, 0.05) is 0 Å². The van der Waals surface area contributed by atoms with E-state index >= 15 is 0 Å². The molecule has 1 unspecified atom stereocenters. The fourth-order valence-corrected chi connectivity index (χ4v) is 1.48. The van der Waals surface area contributed by atoms with Crippen molar-refractivity contribution in [2.24, 2.45) is 0 Å². The van der Waals surface area contributed by atoms with Gasteiger partial charge in [-0.1, -0.05) is 26.3 Å². The van der Waals surface area contributed by atoms with E-state index < -0.39 is 11.7 Å². The van der Waals surface area contributed by atoms with E-state index in [-0.39, 0.29) is 0 Å². The Bertz CT molecular complexity index is 286. The van der Waals surface area contributed by atoms with Crippen molar-refractivity contribution in [3.63, 3.8) is 0 Å². The van der Waals surface area contributed by atoms with E-state index in [2.05, 4.69) is 26.3 Å². The van der Waals surface area contributed by atoms with E-state index in [1.54, 1.807) is 20.8 Å². The van der Waals surface area contributed by atoms with Crippen molar-refractivity contribution in [1.29, 1.82) is 0 Å². The van der Waals surface area contributed by atoms with Crippen LogP contribution < -0.4 is 0 Å². The summed E-state index contributed by atoms with van der Waals surface area (Å²) in [6.45, 7) is 20.1.